The van der Waals surface area contributed by atoms with Gasteiger partial charge in [0, 0.05) is 16.8 Å². The average Bonchev–Trinajstić information content (AvgIpc) is 2.29. The Balaban J connectivity index is 2.37. The Hall–Kier alpha value is -0.590. The fourth-order valence-electron chi connectivity index (χ4n) is 1.18. The first-order chi connectivity index (χ1) is 8.08. The van der Waals surface area contributed by atoms with Gasteiger partial charge in [-0.15, -0.1) is 0 Å². The molecule has 1 aromatic carbocycles. The summed E-state index contributed by atoms with van der Waals surface area (Å²) in [5.41, 5.74) is 6.34. The number of halogens is 3. The highest BCUT2D eigenvalue weighted by Crippen LogP contribution is 2.36. The summed E-state index contributed by atoms with van der Waals surface area (Å²) < 4.78 is 14.6. The van der Waals surface area contributed by atoms with Crippen molar-refractivity contribution in [3.63, 3.8) is 0 Å². The van der Waals surface area contributed by atoms with Crippen molar-refractivity contribution in [3.8, 4) is 0 Å². The molecule has 2 rings (SSSR count). The van der Waals surface area contributed by atoms with Crippen LogP contribution in [0.15, 0.2) is 49.3 Å². The van der Waals surface area contributed by atoms with Gasteiger partial charge in [-0.2, -0.15) is 0 Å². The van der Waals surface area contributed by atoms with E-state index < -0.39 is 0 Å². The number of nitrogens with two attached hydrogens (primary N) is 1. The van der Waals surface area contributed by atoms with Crippen LogP contribution in [0.4, 0.5) is 10.1 Å². The lowest BCUT2D eigenvalue weighted by atomic mass is 10.3. The summed E-state index contributed by atoms with van der Waals surface area (Å²) in [4.78, 5) is 4.84. The minimum absolute atomic E-state index is 0.339. The Morgan fingerprint density at radius 1 is 1.24 bits per heavy atom. The Labute approximate surface area is 119 Å². The van der Waals surface area contributed by atoms with E-state index in [0.29, 0.717) is 15.1 Å². The summed E-state index contributed by atoms with van der Waals surface area (Å²) in [7, 11) is 0. The normalized spacial score (nSPS) is 10.5. The third-order valence-corrected chi connectivity index (χ3v) is 4.59. The molecule has 0 aliphatic carbocycles. The van der Waals surface area contributed by atoms with E-state index >= 15 is 0 Å². The minimum Gasteiger partial charge on any atom is -0.398 e. The van der Waals surface area contributed by atoms with Crippen molar-refractivity contribution in [3.05, 3.63) is 45.2 Å². The third kappa shape index (κ3) is 3.00. The molecule has 0 atom stereocenters. The van der Waals surface area contributed by atoms with Crippen LogP contribution >= 0.6 is 43.6 Å². The van der Waals surface area contributed by atoms with Crippen molar-refractivity contribution in [1.82, 2.24) is 4.98 Å². The molecule has 0 aliphatic heterocycles. The molecule has 0 saturated heterocycles. The lowest BCUT2D eigenvalue weighted by molar-refractivity contribution is 0.618. The van der Waals surface area contributed by atoms with Crippen molar-refractivity contribution in [2.45, 2.75) is 9.92 Å². The molecule has 17 heavy (non-hydrogen) atoms. The van der Waals surface area contributed by atoms with Crippen LogP contribution in [0.2, 0.25) is 0 Å². The highest BCUT2D eigenvalue weighted by molar-refractivity contribution is 9.10. The molecule has 6 heteroatoms. The van der Waals surface area contributed by atoms with Gasteiger partial charge in [0.2, 0.25) is 0 Å². The highest BCUT2D eigenvalue weighted by atomic mass is 79.9. The lowest BCUT2D eigenvalue weighted by Gasteiger charge is -2.07. The number of anilines is 1. The van der Waals surface area contributed by atoms with Gasteiger partial charge >= 0.3 is 0 Å². The number of hydrogen-bond donors (Lipinski definition) is 1. The average molecular weight is 378 g/mol. The number of pyridine rings is 1. The van der Waals surface area contributed by atoms with Crippen molar-refractivity contribution >= 4 is 49.3 Å². The van der Waals surface area contributed by atoms with E-state index in [9.17, 15) is 4.39 Å². The number of nitrogens with zero attached hydrogens (tertiary/aromatic N) is 1. The number of nitrogen functional groups attached to an aromatic ring is 1. The van der Waals surface area contributed by atoms with Crippen LogP contribution in [-0.2, 0) is 0 Å². The minimum atomic E-state index is -0.339. The standard InChI is InChI=1S/C11H7Br2FN2S/c12-6-2-1-3-16-11(6)17-10-5-8(14)7(13)4-9(10)15/h1-5H,15H2. The zero-order valence-corrected chi connectivity index (χ0v) is 12.4. The van der Waals surface area contributed by atoms with Gasteiger partial charge in [0.05, 0.1) is 8.95 Å². The molecule has 0 aliphatic rings. The zero-order valence-electron chi connectivity index (χ0n) is 8.45. The topological polar surface area (TPSA) is 38.9 Å². The molecular weight excluding hydrogens is 371 g/mol. The van der Waals surface area contributed by atoms with Gasteiger partial charge in [0.15, 0.2) is 0 Å². The third-order valence-electron chi connectivity index (χ3n) is 1.98. The van der Waals surface area contributed by atoms with E-state index in [1.54, 1.807) is 12.3 Å². The van der Waals surface area contributed by atoms with E-state index in [1.807, 2.05) is 12.1 Å². The Kier molecular flexibility index (Phi) is 4.06. The molecule has 0 amide bonds. The molecule has 0 unspecified atom stereocenters. The van der Waals surface area contributed by atoms with Crippen molar-refractivity contribution in [2.75, 3.05) is 5.73 Å². The van der Waals surface area contributed by atoms with Gasteiger partial charge in [-0.25, -0.2) is 9.37 Å². The monoisotopic (exact) mass is 376 g/mol. The van der Waals surface area contributed by atoms with Crippen LogP contribution in [0.5, 0.6) is 0 Å². The molecule has 88 valence electrons. The molecule has 2 aromatic rings. The molecular formula is C11H7Br2FN2S. The summed E-state index contributed by atoms with van der Waals surface area (Å²) in [5.74, 6) is -0.339. The summed E-state index contributed by atoms with van der Waals surface area (Å²) in [6.07, 6.45) is 1.68. The summed E-state index contributed by atoms with van der Waals surface area (Å²) >= 11 is 7.79. The fraction of sp³-hybridized carbons (Fsp3) is 0. The maximum absolute atomic E-state index is 13.4. The first kappa shape index (κ1) is 12.9. The van der Waals surface area contributed by atoms with Gasteiger partial charge in [-0.1, -0.05) is 11.8 Å². The number of benzene rings is 1. The van der Waals surface area contributed by atoms with Gasteiger partial charge in [0.1, 0.15) is 10.8 Å². The van der Waals surface area contributed by atoms with Crippen LogP contribution in [0.1, 0.15) is 0 Å². The Morgan fingerprint density at radius 3 is 2.71 bits per heavy atom. The highest BCUT2D eigenvalue weighted by Gasteiger charge is 2.10. The number of aromatic nitrogens is 1. The van der Waals surface area contributed by atoms with Gasteiger partial charge < -0.3 is 5.73 Å². The summed E-state index contributed by atoms with van der Waals surface area (Å²) in [6.45, 7) is 0. The maximum atomic E-state index is 13.4. The zero-order chi connectivity index (χ0) is 12.4. The van der Waals surface area contributed by atoms with Crippen LogP contribution in [0.3, 0.4) is 0 Å². The smallest absolute Gasteiger partial charge is 0.138 e. The maximum Gasteiger partial charge on any atom is 0.138 e. The van der Waals surface area contributed by atoms with Crippen LogP contribution in [0.25, 0.3) is 0 Å². The van der Waals surface area contributed by atoms with Crippen molar-refractivity contribution in [2.24, 2.45) is 0 Å². The summed E-state index contributed by atoms with van der Waals surface area (Å²) in [6, 6.07) is 6.64. The molecule has 1 heterocycles. The van der Waals surface area contributed by atoms with Crippen molar-refractivity contribution in [1.29, 1.82) is 0 Å². The first-order valence-electron chi connectivity index (χ1n) is 4.61. The molecule has 0 saturated carbocycles. The van der Waals surface area contributed by atoms with Gasteiger partial charge in [-0.05, 0) is 56.1 Å². The molecule has 2 nitrogen and oxygen atoms in total. The fourth-order valence-corrected chi connectivity index (χ4v) is 2.87. The molecule has 0 fully saturated rings. The first-order valence-corrected chi connectivity index (χ1v) is 7.01. The van der Waals surface area contributed by atoms with Crippen LogP contribution < -0.4 is 5.73 Å². The summed E-state index contributed by atoms with van der Waals surface area (Å²) in [5, 5.41) is 0.751. The molecule has 0 bridgehead atoms. The van der Waals surface area contributed by atoms with E-state index in [0.717, 1.165) is 9.50 Å². The van der Waals surface area contributed by atoms with Gasteiger partial charge in [-0.3, -0.25) is 0 Å². The molecule has 2 N–H and O–H groups in total. The van der Waals surface area contributed by atoms with E-state index in [1.165, 1.54) is 17.8 Å². The second-order valence-electron chi connectivity index (χ2n) is 3.20. The number of hydrogen-bond acceptors (Lipinski definition) is 3. The SMILES string of the molecule is Nc1cc(Br)c(F)cc1Sc1ncccc1Br. The predicted octanol–water partition coefficient (Wildman–Crippen LogP) is 4.48. The van der Waals surface area contributed by atoms with Gasteiger partial charge in [0.25, 0.3) is 0 Å². The second kappa shape index (κ2) is 5.37. The molecule has 1 aromatic heterocycles. The number of rotatable bonds is 2. The largest absolute Gasteiger partial charge is 0.398 e. The quantitative estimate of drug-likeness (QED) is 0.784. The predicted molar refractivity (Wildman–Crippen MR) is 74.6 cm³/mol. The van der Waals surface area contributed by atoms with E-state index in [2.05, 4.69) is 36.8 Å². The molecule has 0 spiro atoms. The Morgan fingerprint density at radius 2 is 2.00 bits per heavy atom. The Bertz CT molecular complexity index is 563. The second-order valence-corrected chi connectivity index (χ2v) is 5.94. The van der Waals surface area contributed by atoms with E-state index in [4.69, 9.17) is 5.73 Å². The van der Waals surface area contributed by atoms with Crippen LogP contribution in [-0.4, -0.2) is 4.98 Å². The lowest BCUT2D eigenvalue weighted by Crippen LogP contribution is -1.92. The van der Waals surface area contributed by atoms with E-state index in [-0.39, 0.29) is 5.82 Å². The van der Waals surface area contributed by atoms with Crippen LogP contribution in [0, 0.1) is 5.82 Å². The van der Waals surface area contributed by atoms with Crippen molar-refractivity contribution < 1.29 is 4.39 Å². The molecule has 0 radical (unpaired) electrons.